The van der Waals surface area contributed by atoms with Crippen molar-refractivity contribution in [2.75, 3.05) is 13.1 Å². The molecule has 1 unspecified atom stereocenters. The molecule has 1 aromatic carbocycles. The van der Waals surface area contributed by atoms with Gasteiger partial charge in [0.25, 0.3) is 0 Å². The Balaban J connectivity index is 1.85. The number of halogens is 2. The third-order valence-electron chi connectivity index (χ3n) is 4.57. The van der Waals surface area contributed by atoms with Crippen LogP contribution in [0.1, 0.15) is 42.1 Å². The first-order valence-electron chi connectivity index (χ1n) is 8.34. The van der Waals surface area contributed by atoms with Crippen LogP contribution in [0.25, 0.3) is 4.96 Å². The molecule has 0 radical (unpaired) electrons. The van der Waals surface area contributed by atoms with Gasteiger partial charge in [-0.15, -0.1) is 5.10 Å². The highest BCUT2D eigenvalue weighted by Gasteiger charge is 2.32. The summed E-state index contributed by atoms with van der Waals surface area (Å²) in [7, 11) is 0. The van der Waals surface area contributed by atoms with Gasteiger partial charge in [-0.1, -0.05) is 47.5 Å². The molecule has 2 aromatic heterocycles. The highest BCUT2D eigenvalue weighted by Crippen LogP contribution is 2.43. The second-order valence-corrected chi connectivity index (χ2v) is 8.03. The Bertz CT molecular complexity index is 917. The number of aryl methyl sites for hydroxylation is 1. The van der Waals surface area contributed by atoms with Gasteiger partial charge in [-0.3, -0.25) is 4.90 Å². The van der Waals surface area contributed by atoms with E-state index < -0.39 is 0 Å². The lowest BCUT2D eigenvalue weighted by Gasteiger charge is -2.27. The van der Waals surface area contributed by atoms with Gasteiger partial charge in [-0.05, 0) is 43.6 Å². The number of aromatic nitrogens is 3. The minimum Gasteiger partial charge on any atom is -0.492 e. The minimum atomic E-state index is -0.120. The summed E-state index contributed by atoms with van der Waals surface area (Å²) in [6, 6.07) is 5.42. The lowest BCUT2D eigenvalue weighted by Crippen LogP contribution is -2.26. The average molecular weight is 397 g/mol. The third-order valence-corrected chi connectivity index (χ3v) is 6.21. The van der Waals surface area contributed by atoms with E-state index >= 15 is 0 Å². The molecule has 0 bridgehead atoms. The standard InChI is InChI=1S/C17H18Cl2N4OS/c1-2-13-20-17-23(21-13)16(24)15(25-17)14(22-7-3-4-8-22)11-6-5-10(18)9-12(11)19/h5-6,9,14,24H,2-4,7-8H2,1H3. The number of fused-ring (bicyclic) bond motifs is 1. The molecule has 1 atom stereocenters. The van der Waals surface area contributed by atoms with Crippen LogP contribution in [0.4, 0.5) is 0 Å². The van der Waals surface area contributed by atoms with E-state index in [0.29, 0.717) is 15.0 Å². The van der Waals surface area contributed by atoms with Crippen molar-refractivity contribution in [1.29, 1.82) is 0 Å². The predicted molar refractivity (Wildman–Crippen MR) is 101 cm³/mol. The van der Waals surface area contributed by atoms with Crippen molar-refractivity contribution in [3.05, 3.63) is 44.5 Å². The van der Waals surface area contributed by atoms with Crippen molar-refractivity contribution in [1.82, 2.24) is 19.5 Å². The average Bonchev–Trinajstić information content (AvgIpc) is 3.29. The zero-order valence-corrected chi connectivity index (χ0v) is 16.1. The van der Waals surface area contributed by atoms with Gasteiger partial charge in [0.05, 0.1) is 10.9 Å². The quantitative estimate of drug-likeness (QED) is 0.702. The normalized spacial score (nSPS) is 16.8. The first-order valence-corrected chi connectivity index (χ1v) is 9.92. The van der Waals surface area contributed by atoms with Crippen LogP contribution in [-0.4, -0.2) is 37.7 Å². The second-order valence-electron chi connectivity index (χ2n) is 6.18. The Morgan fingerprint density at radius 1 is 1.28 bits per heavy atom. The molecule has 5 nitrogen and oxygen atoms in total. The molecule has 1 aliphatic rings. The van der Waals surface area contributed by atoms with Crippen molar-refractivity contribution in [3.8, 4) is 5.88 Å². The first-order chi connectivity index (χ1) is 12.1. The minimum absolute atomic E-state index is 0.120. The number of hydrogen-bond acceptors (Lipinski definition) is 5. The molecular formula is C17H18Cl2N4OS. The molecular weight excluding hydrogens is 379 g/mol. The first kappa shape index (κ1) is 17.1. The molecule has 0 aliphatic carbocycles. The fourth-order valence-electron chi connectivity index (χ4n) is 3.35. The molecule has 1 saturated heterocycles. The molecule has 1 N–H and O–H groups in total. The monoisotopic (exact) mass is 396 g/mol. The number of rotatable bonds is 4. The van der Waals surface area contributed by atoms with Crippen LogP contribution in [0.3, 0.4) is 0 Å². The molecule has 1 aliphatic heterocycles. The van der Waals surface area contributed by atoms with E-state index in [-0.39, 0.29) is 11.9 Å². The summed E-state index contributed by atoms with van der Waals surface area (Å²) in [5.41, 5.74) is 0.948. The summed E-state index contributed by atoms with van der Waals surface area (Å²) < 4.78 is 1.53. The van der Waals surface area contributed by atoms with Crippen molar-refractivity contribution in [3.63, 3.8) is 0 Å². The third kappa shape index (κ3) is 3.01. The van der Waals surface area contributed by atoms with Crippen LogP contribution in [0.2, 0.25) is 10.0 Å². The van der Waals surface area contributed by atoms with Gasteiger partial charge in [0, 0.05) is 16.5 Å². The van der Waals surface area contributed by atoms with Crippen LogP contribution >= 0.6 is 34.5 Å². The van der Waals surface area contributed by atoms with Crippen molar-refractivity contribution in [2.24, 2.45) is 0 Å². The Morgan fingerprint density at radius 2 is 2.04 bits per heavy atom. The van der Waals surface area contributed by atoms with E-state index in [0.717, 1.165) is 48.6 Å². The van der Waals surface area contributed by atoms with E-state index in [1.807, 2.05) is 19.1 Å². The van der Waals surface area contributed by atoms with E-state index in [9.17, 15) is 5.11 Å². The number of aromatic hydroxyl groups is 1. The molecule has 0 amide bonds. The molecule has 4 rings (SSSR count). The Labute approximate surface area is 159 Å². The lowest BCUT2D eigenvalue weighted by atomic mass is 10.0. The zero-order valence-electron chi connectivity index (χ0n) is 13.7. The molecule has 3 aromatic rings. The number of hydrogen-bond donors (Lipinski definition) is 1. The van der Waals surface area contributed by atoms with E-state index in [1.54, 1.807) is 6.07 Å². The van der Waals surface area contributed by atoms with E-state index in [1.165, 1.54) is 15.9 Å². The maximum atomic E-state index is 10.8. The second kappa shape index (κ2) is 6.76. The van der Waals surface area contributed by atoms with Gasteiger partial charge in [-0.25, -0.2) is 4.98 Å². The van der Waals surface area contributed by atoms with Crippen LogP contribution in [0.15, 0.2) is 18.2 Å². The molecule has 132 valence electrons. The highest BCUT2D eigenvalue weighted by atomic mass is 35.5. The van der Waals surface area contributed by atoms with Gasteiger partial charge < -0.3 is 5.11 Å². The van der Waals surface area contributed by atoms with E-state index in [2.05, 4.69) is 15.0 Å². The molecule has 0 saturated carbocycles. The maximum absolute atomic E-state index is 10.8. The molecule has 25 heavy (non-hydrogen) atoms. The number of benzene rings is 1. The Morgan fingerprint density at radius 3 is 2.68 bits per heavy atom. The topological polar surface area (TPSA) is 53.7 Å². The largest absolute Gasteiger partial charge is 0.492 e. The molecule has 8 heteroatoms. The zero-order chi connectivity index (χ0) is 17.6. The summed E-state index contributed by atoms with van der Waals surface area (Å²) >= 11 is 14.0. The predicted octanol–water partition coefficient (Wildman–Crippen LogP) is 4.55. The number of thiazole rings is 1. The fourth-order valence-corrected chi connectivity index (χ4v) is 4.98. The smallest absolute Gasteiger partial charge is 0.230 e. The van der Waals surface area contributed by atoms with E-state index in [4.69, 9.17) is 23.2 Å². The van der Waals surface area contributed by atoms with Crippen molar-refractivity contribution < 1.29 is 5.11 Å². The van der Waals surface area contributed by atoms with Crippen molar-refractivity contribution in [2.45, 2.75) is 32.2 Å². The number of likely N-dealkylation sites (tertiary alicyclic amines) is 1. The Kier molecular flexibility index (Phi) is 4.62. The van der Waals surface area contributed by atoms with Gasteiger partial charge in [0.15, 0.2) is 5.82 Å². The maximum Gasteiger partial charge on any atom is 0.230 e. The van der Waals surface area contributed by atoms with Gasteiger partial charge in [-0.2, -0.15) is 4.52 Å². The Hall–Kier alpha value is -1.34. The van der Waals surface area contributed by atoms with Crippen LogP contribution < -0.4 is 0 Å². The summed E-state index contributed by atoms with van der Waals surface area (Å²) in [4.78, 5) is 8.37. The van der Waals surface area contributed by atoms with Crippen LogP contribution in [0, 0.1) is 0 Å². The highest BCUT2D eigenvalue weighted by molar-refractivity contribution is 7.17. The summed E-state index contributed by atoms with van der Waals surface area (Å²) in [6.07, 6.45) is 3.02. The molecule has 0 spiro atoms. The number of nitrogens with zero attached hydrogens (tertiary/aromatic N) is 4. The van der Waals surface area contributed by atoms with Crippen molar-refractivity contribution >= 4 is 39.5 Å². The summed E-state index contributed by atoms with van der Waals surface area (Å²) in [6.45, 7) is 3.94. The fraction of sp³-hybridized carbons (Fsp3) is 0.412. The van der Waals surface area contributed by atoms with Gasteiger partial charge in [0.2, 0.25) is 10.8 Å². The lowest BCUT2D eigenvalue weighted by molar-refractivity contribution is 0.277. The molecule has 3 heterocycles. The van der Waals surface area contributed by atoms with Gasteiger partial charge >= 0.3 is 0 Å². The summed E-state index contributed by atoms with van der Waals surface area (Å²) in [5, 5.41) is 16.4. The van der Waals surface area contributed by atoms with Gasteiger partial charge in [0.1, 0.15) is 0 Å². The summed E-state index contributed by atoms with van der Waals surface area (Å²) in [5.74, 6) is 0.880. The van der Waals surface area contributed by atoms with Crippen LogP contribution in [0.5, 0.6) is 5.88 Å². The van der Waals surface area contributed by atoms with Crippen LogP contribution in [-0.2, 0) is 6.42 Å². The SMILES string of the molecule is CCc1nc2sc(C(c3ccc(Cl)cc3Cl)N3CCCC3)c(O)n2n1. The molecule has 1 fully saturated rings.